The molecule has 0 saturated heterocycles. The molecule has 19 heavy (non-hydrogen) atoms. The third-order valence-corrected chi connectivity index (χ3v) is 2.47. The predicted octanol–water partition coefficient (Wildman–Crippen LogP) is 2.45. The highest BCUT2D eigenvalue weighted by Gasteiger charge is 2.04. The van der Waals surface area contributed by atoms with Crippen molar-refractivity contribution in [3.63, 3.8) is 0 Å². The summed E-state index contributed by atoms with van der Waals surface area (Å²) in [4.78, 5) is 11.5. The molecule has 0 radical (unpaired) electrons. The highest BCUT2D eigenvalue weighted by Crippen LogP contribution is 2.27. The summed E-state index contributed by atoms with van der Waals surface area (Å²) in [6.07, 6.45) is 6.85. The van der Waals surface area contributed by atoms with Crippen LogP contribution in [0.4, 0.5) is 0 Å². The first-order valence-corrected chi connectivity index (χ1v) is 5.99. The van der Waals surface area contributed by atoms with Gasteiger partial charge in [0.25, 0.3) is 0 Å². The van der Waals surface area contributed by atoms with Gasteiger partial charge in [0, 0.05) is 12.6 Å². The molecule has 0 spiro atoms. The molecular weight excluding hydrogens is 242 g/mol. The Morgan fingerprint density at radius 1 is 1.21 bits per heavy atom. The molecule has 0 saturated carbocycles. The average molecular weight is 261 g/mol. The van der Waals surface area contributed by atoms with E-state index >= 15 is 0 Å². The number of hydrogen-bond donors (Lipinski definition) is 1. The summed E-state index contributed by atoms with van der Waals surface area (Å²) in [6.45, 7) is 2.34. The zero-order valence-corrected chi connectivity index (χ0v) is 11.5. The van der Waals surface area contributed by atoms with Crippen LogP contribution in [0.3, 0.4) is 0 Å². The number of benzene rings is 1. The van der Waals surface area contributed by atoms with Crippen molar-refractivity contribution >= 4 is 5.91 Å². The van der Waals surface area contributed by atoms with Crippen LogP contribution in [0.15, 0.2) is 42.5 Å². The number of methoxy groups -OCH3 is 2. The highest BCUT2D eigenvalue weighted by atomic mass is 16.5. The second-order valence-corrected chi connectivity index (χ2v) is 3.79. The second kappa shape index (κ2) is 7.97. The van der Waals surface area contributed by atoms with Gasteiger partial charge in [-0.25, -0.2) is 0 Å². The summed E-state index contributed by atoms with van der Waals surface area (Å²) in [6, 6.07) is 5.54. The number of rotatable bonds is 6. The van der Waals surface area contributed by atoms with Crippen LogP contribution in [0.2, 0.25) is 0 Å². The van der Waals surface area contributed by atoms with Crippen molar-refractivity contribution in [2.75, 3.05) is 14.2 Å². The maximum atomic E-state index is 11.5. The van der Waals surface area contributed by atoms with Gasteiger partial charge in [0.05, 0.1) is 14.2 Å². The quantitative estimate of drug-likeness (QED) is 0.632. The number of hydrogen-bond acceptors (Lipinski definition) is 3. The number of amides is 1. The molecule has 1 rings (SSSR count). The first-order valence-electron chi connectivity index (χ1n) is 5.99. The molecule has 4 nitrogen and oxygen atoms in total. The van der Waals surface area contributed by atoms with E-state index in [9.17, 15) is 4.79 Å². The van der Waals surface area contributed by atoms with Gasteiger partial charge in [0.2, 0.25) is 5.91 Å². The molecule has 1 N–H and O–H groups in total. The Kier molecular flexibility index (Phi) is 6.22. The lowest BCUT2D eigenvalue weighted by Crippen LogP contribution is -2.20. The third-order valence-electron chi connectivity index (χ3n) is 2.47. The van der Waals surface area contributed by atoms with Gasteiger partial charge in [-0.1, -0.05) is 24.3 Å². The van der Waals surface area contributed by atoms with Gasteiger partial charge >= 0.3 is 0 Å². The third kappa shape index (κ3) is 4.87. The lowest BCUT2D eigenvalue weighted by Gasteiger charge is -2.09. The molecule has 1 amide bonds. The van der Waals surface area contributed by atoms with Crippen LogP contribution in [0, 0.1) is 0 Å². The van der Waals surface area contributed by atoms with E-state index in [1.165, 1.54) is 6.08 Å². The summed E-state index contributed by atoms with van der Waals surface area (Å²) in [5, 5.41) is 2.79. The van der Waals surface area contributed by atoms with Gasteiger partial charge in [-0.2, -0.15) is 0 Å². The molecule has 1 aromatic carbocycles. The van der Waals surface area contributed by atoms with Crippen LogP contribution in [-0.2, 0) is 11.3 Å². The summed E-state index contributed by atoms with van der Waals surface area (Å²) >= 11 is 0. The van der Waals surface area contributed by atoms with Crippen molar-refractivity contribution in [3.8, 4) is 11.5 Å². The average Bonchev–Trinajstić information content (AvgIpc) is 2.45. The van der Waals surface area contributed by atoms with E-state index in [-0.39, 0.29) is 5.91 Å². The van der Waals surface area contributed by atoms with Crippen molar-refractivity contribution in [1.82, 2.24) is 5.32 Å². The molecule has 0 aliphatic carbocycles. The monoisotopic (exact) mass is 261 g/mol. The number of carbonyl (C=O) groups excluding carboxylic acids is 1. The molecule has 0 fully saturated rings. The highest BCUT2D eigenvalue weighted by molar-refractivity contribution is 5.87. The Hall–Kier alpha value is -2.23. The van der Waals surface area contributed by atoms with Crippen LogP contribution in [0.5, 0.6) is 11.5 Å². The minimum atomic E-state index is -0.132. The summed E-state index contributed by atoms with van der Waals surface area (Å²) in [5.41, 5.74) is 0.949. The summed E-state index contributed by atoms with van der Waals surface area (Å²) in [5.74, 6) is 1.19. The molecule has 0 bridgehead atoms. The molecule has 4 heteroatoms. The van der Waals surface area contributed by atoms with E-state index in [0.29, 0.717) is 18.0 Å². The van der Waals surface area contributed by atoms with Crippen LogP contribution in [0.1, 0.15) is 12.5 Å². The molecule has 0 heterocycles. The lowest BCUT2D eigenvalue weighted by molar-refractivity contribution is -0.116. The van der Waals surface area contributed by atoms with E-state index in [1.807, 2.05) is 31.2 Å². The normalized spacial score (nSPS) is 10.9. The molecule has 0 aliphatic rings. The number of allylic oxidation sites excluding steroid dienone is 3. The number of ether oxygens (including phenoxy) is 2. The van der Waals surface area contributed by atoms with E-state index in [0.717, 1.165) is 5.56 Å². The smallest absolute Gasteiger partial charge is 0.244 e. The molecular formula is C15H19NO3. The predicted molar refractivity (Wildman–Crippen MR) is 75.3 cm³/mol. The molecule has 0 atom stereocenters. The second-order valence-electron chi connectivity index (χ2n) is 3.79. The van der Waals surface area contributed by atoms with Crippen LogP contribution in [0.25, 0.3) is 0 Å². The maximum Gasteiger partial charge on any atom is 0.244 e. The Morgan fingerprint density at radius 2 is 1.95 bits per heavy atom. The fraction of sp³-hybridized carbons (Fsp3) is 0.267. The van der Waals surface area contributed by atoms with E-state index in [1.54, 1.807) is 26.4 Å². The number of nitrogens with one attached hydrogen (secondary N) is 1. The van der Waals surface area contributed by atoms with Gasteiger partial charge in [-0.3, -0.25) is 4.79 Å². The van der Waals surface area contributed by atoms with Gasteiger partial charge in [0.1, 0.15) is 0 Å². The van der Waals surface area contributed by atoms with Gasteiger partial charge in [-0.15, -0.1) is 0 Å². The SMILES string of the molecule is CC=CC=CC(=O)NCc1ccc(OC)c(OC)c1. The Balaban J connectivity index is 2.60. The molecule has 0 unspecified atom stereocenters. The zero-order valence-electron chi connectivity index (χ0n) is 11.5. The fourth-order valence-electron chi connectivity index (χ4n) is 1.49. The molecule has 0 aliphatic heterocycles. The van der Waals surface area contributed by atoms with Crippen molar-refractivity contribution < 1.29 is 14.3 Å². The first kappa shape index (κ1) is 14.8. The maximum absolute atomic E-state index is 11.5. The largest absolute Gasteiger partial charge is 0.493 e. The Morgan fingerprint density at radius 3 is 2.58 bits per heavy atom. The fourth-order valence-corrected chi connectivity index (χ4v) is 1.49. The van der Waals surface area contributed by atoms with Gasteiger partial charge < -0.3 is 14.8 Å². The van der Waals surface area contributed by atoms with Gasteiger partial charge in [0.15, 0.2) is 11.5 Å². The molecule has 1 aromatic rings. The molecule has 102 valence electrons. The zero-order chi connectivity index (χ0) is 14.1. The van der Waals surface area contributed by atoms with Crippen LogP contribution in [-0.4, -0.2) is 20.1 Å². The minimum Gasteiger partial charge on any atom is -0.493 e. The summed E-state index contributed by atoms with van der Waals surface area (Å²) in [7, 11) is 3.17. The van der Waals surface area contributed by atoms with E-state index < -0.39 is 0 Å². The minimum absolute atomic E-state index is 0.132. The Labute approximate surface area is 113 Å². The molecule has 0 aromatic heterocycles. The van der Waals surface area contributed by atoms with E-state index in [2.05, 4.69) is 5.32 Å². The lowest BCUT2D eigenvalue weighted by atomic mass is 10.2. The first-order chi connectivity index (χ1) is 9.21. The standard InChI is InChI=1S/C15H19NO3/c1-4-5-6-7-15(17)16-11-12-8-9-13(18-2)14(10-12)19-3/h4-10H,11H2,1-3H3,(H,16,17). The van der Waals surface area contributed by atoms with Crippen LogP contribution < -0.4 is 14.8 Å². The van der Waals surface area contributed by atoms with Crippen molar-refractivity contribution in [1.29, 1.82) is 0 Å². The van der Waals surface area contributed by atoms with Crippen molar-refractivity contribution in [2.45, 2.75) is 13.5 Å². The number of carbonyl (C=O) groups is 1. The van der Waals surface area contributed by atoms with Crippen molar-refractivity contribution in [2.24, 2.45) is 0 Å². The van der Waals surface area contributed by atoms with E-state index in [4.69, 9.17) is 9.47 Å². The topological polar surface area (TPSA) is 47.6 Å². The summed E-state index contributed by atoms with van der Waals surface area (Å²) < 4.78 is 10.4. The van der Waals surface area contributed by atoms with Crippen LogP contribution >= 0.6 is 0 Å². The van der Waals surface area contributed by atoms with Gasteiger partial charge in [-0.05, 0) is 24.6 Å². The Bertz CT molecular complexity index is 478. The van der Waals surface area contributed by atoms with Crippen molar-refractivity contribution in [3.05, 3.63) is 48.1 Å².